The molecule has 0 rings (SSSR count). The van der Waals surface area contributed by atoms with Crippen molar-refractivity contribution >= 4 is 11.9 Å². The molecule has 1 amide bonds. The maximum absolute atomic E-state index is 13.3. The Morgan fingerprint density at radius 2 is 0.746 bits per heavy atom. The molecule has 0 fully saturated rings. The third-order valence-corrected chi connectivity index (χ3v) is 14.1. The van der Waals surface area contributed by atoms with Gasteiger partial charge in [0.25, 0.3) is 0 Å². The lowest BCUT2D eigenvalue weighted by molar-refractivity contribution is -0.151. The number of amides is 1. The molecule has 0 heterocycles. The van der Waals surface area contributed by atoms with Crippen molar-refractivity contribution in [1.82, 2.24) is 5.32 Å². The van der Waals surface area contributed by atoms with E-state index in [9.17, 15) is 19.8 Å². The summed E-state index contributed by atoms with van der Waals surface area (Å²) in [5, 5.41) is 23.9. The molecule has 6 heteroatoms. The highest BCUT2D eigenvalue weighted by atomic mass is 16.5. The highest BCUT2D eigenvalue weighted by Gasteiger charge is 2.24. The van der Waals surface area contributed by atoms with Gasteiger partial charge in [-0.25, -0.2) is 0 Å². The number of aliphatic hydroxyl groups excluding tert-OH is 2. The van der Waals surface area contributed by atoms with E-state index in [1.807, 2.05) is 0 Å². The molecule has 0 saturated heterocycles. The monoisotopic (exact) mass is 944 g/mol. The first-order valence-corrected chi connectivity index (χ1v) is 30.1. The van der Waals surface area contributed by atoms with Crippen LogP contribution in [0.2, 0.25) is 0 Å². The van der Waals surface area contributed by atoms with Gasteiger partial charge in [0.2, 0.25) is 5.91 Å². The zero-order chi connectivity index (χ0) is 48.8. The van der Waals surface area contributed by atoms with Crippen molar-refractivity contribution in [3.8, 4) is 0 Å². The molecule has 0 aliphatic rings. The van der Waals surface area contributed by atoms with E-state index in [0.29, 0.717) is 19.3 Å². The topological polar surface area (TPSA) is 95.9 Å². The molecule has 3 unspecified atom stereocenters. The van der Waals surface area contributed by atoms with Gasteiger partial charge in [0.1, 0.15) is 6.10 Å². The minimum absolute atomic E-state index is 0.0734. The highest BCUT2D eigenvalue weighted by Crippen LogP contribution is 2.19. The summed E-state index contributed by atoms with van der Waals surface area (Å²) >= 11 is 0. The number of carbonyl (C=O) groups excluding carboxylic acids is 2. The van der Waals surface area contributed by atoms with Crippen molar-refractivity contribution in [1.29, 1.82) is 0 Å². The molecule has 0 aromatic carbocycles. The van der Waals surface area contributed by atoms with Crippen LogP contribution < -0.4 is 5.32 Å². The second kappa shape index (κ2) is 55.3. The Kier molecular flexibility index (Phi) is 53.9. The van der Waals surface area contributed by atoms with Crippen LogP contribution in [-0.2, 0) is 14.3 Å². The molecular weight excluding hydrogens is 827 g/mol. The van der Waals surface area contributed by atoms with Crippen LogP contribution in [-0.4, -0.2) is 46.9 Å². The first-order chi connectivity index (χ1) is 33.0. The first kappa shape index (κ1) is 65.3. The van der Waals surface area contributed by atoms with Gasteiger partial charge in [0.05, 0.1) is 25.2 Å². The molecule has 0 aliphatic carbocycles. The van der Waals surface area contributed by atoms with E-state index in [1.54, 1.807) is 0 Å². The minimum Gasteiger partial charge on any atom is -0.462 e. The summed E-state index contributed by atoms with van der Waals surface area (Å²) in [4.78, 5) is 26.3. The Hall–Kier alpha value is -1.66. The smallest absolute Gasteiger partial charge is 0.306 e. The Morgan fingerprint density at radius 1 is 0.433 bits per heavy atom. The maximum Gasteiger partial charge on any atom is 0.306 e. The van der Waals surface area contributed by atoms with Gasteiger partial charge in [0, 0.05) is 6.42 Å². The number of esters is 1. The second-order valence-corrected chi connectivity index (χ2v) is 20.8. The quantitative estimate of drug-likeness (QED) is 0.0321. The van der Waals surface area contributed by atoms with Crippen LogP contribution >= 0.6 is 0 Å². The molecule has 6 nitrogen and oxygen atoms in total. The summed E-state index contributed by atoms with van der Waals surface area (Å²) in [5.74, 6) is -0.483. The predicted molar refractivity (Wildman–Crippen MR) is 292 cm³/mol. The van der Waals surface area contributed by atoms with Crippen LogP contribution in [0, 0.1) is 0 Å². The first-order valence-electron chi connectivity index (χ1n) is 30.1. The minimum atomic E-state index is -0.789. The van der Waals surface area contributed by atoms with Crippen LogP contribution in [0.1, 0.15) is 329 Å². The van der Waals surface area contributed by atoms with Crippen LogP contribution in [0.3, 0.4) is 0 Å². The number of hydrogen-bond donors (Lipinski definition) is 3. The number of nitrogens with one attached hydrogen (secondary N) is 1. The van der Waals surface area contributed by atoms with E-state index in [2.05, 4.69) is 50.4 Å². The van der Waals surface area contributed by atoms with E-state index in [0.717, 1.165) is 57.8 Å². The number of hydrogen-bond acceptors (Lipinski definition) is 5. The Labute approximate surface area is 418 Å². The summed E-state index contributed by atoms with van der Waals surface area (Å²) in [5.41, 5.74) is 0. The summed E-state index contributed by atoms with van der Waals surface area (Å²) < 4.78 is 5.96. The van der Waals surface area contributed by atoms with Gasteiger partial charge >= 0.3 is 5.97 Å². The van der Waals surface area contributed by atoms with E-state index < -0.39 is 18.2 Å². The fourth-order valence-electron chi connectivity index (χ4n) is 9.48. The lowest BCUT2D eigenvalue weighted by Crippen LogP contribution is -2.46. The molecule has 0 radical (unpaired) electrons. The fraction of sp³-hybridized carbons (Fsp3) is 0.902. The van der Waals surface area contributed by atoms with E-state index in [4.69, 9.17) is 4.74 Å². The van der Waals surface area contributed by atoms with Gasteiger partial charge in [-0.05, 0) is 51.4 Å². The van der Waals surface area contributed by atoms with Gasteiger partial charge in [-0.15, -0.1) is 0 Å². The SMILES string of the molecule is CCCCCCCCC/C=C/C=C/CCCCCC(=O)OC(CCCCCCCCCCCCCCCCCC)CC(=O)NC(CO)C(O)CCCCCCCCCCCCCCCCCC. The Bertz CT molecular complexity index is 1060. The molecule has 0 aromatic heterocycles. The maximum atomic E-state index is 13.3. The number of carbonyl (C=O) groups is 2. The normalized spacial score (nSPS) is 13.2. The van der Waals surface area contributed by atoms with E-state index in [1.165, 1.54) is 225 Å². The molecular formula is C61H117NO5. The van der Waals surface area contributed by atoms with Crippen LogP contribution in [0.15, 0.2) is 24.3 Å². The Balaban J connectivity index is 4.55. The van der Waals surface area contributed by atoms with Gasteiger partial charge < -0.3 is 20.3 Å². The predicted octanol–water partition coefficient (Wildman–Crippen LogP) is 18.6. The number of allylic oxidation sites excluding steroid dienone is 4. The molecule has 396 valence electrons. The Morgan fingerprint density at radius 3 is 1.10 bits per heavy atom. The number of aliphatic hydroxyl groups is 2. The standard InChI is InChI=1S/C61H117NO5/c1-4-7-10-13-16-19-22-25-28-31-34-37-40-43-46-49-52-57(67-61(66)54-51-48-45-42-39-36-33-30-27-24-21-18-15-12-9-6-3)55-60(65)62-58(56-63)59(64)53-50-47-44-41-38-35-32-29-26-23-20-17-14-11-8-5-2/h30,33,36,39,57-59,63-64H,4-29,31-32,34-35,37-38,40-56H2,1-3H3,(H,62,65)/b33-30+,39-36+. The summed E-state index contributed by atoms with van der Waals surface area (Å²) in [6.07, 6.45) is 65.3. The molecule has 0 aromatic rings. The molecule has 67 heavy (non-hydrogen) atoms. The van der Waals surface area contributed by atoms with Gasteiger partial charge in [-0.1, -0.05) is 289 Å². The van der Waals surface area contributed by atoms with E-state index >= 15 is 0 Å². The van der Waals surface area contributed by atoms with Crippen LogP contribution in [0.5, 0.6) is 0 Å². The van der Waals surface area contributed by atoms with Gasteiger partial charge in [-0.2, -0.15) is 0 Å². The van der Waals surface area contributed by atoms with Gasteiger partial charge in [0.15, 0.2) is 0 Å². The second-order valence-electron chi connectivity index (χ2n) is 20.8. The summed E-state index contributed by atoms with van der Waals surface area (Å²) in [6, 6.07) is -0.703. The third kappa shape index (κ3) is 50.5. The zero-order valence-electron chi connectivity index (χ0n) is 45.3. The number of unbranched alkanes of at least 4 members (excludes halogenated alkanes) is 40. The third-order valence-electron chi connectivity index (χ3n) is 14.1. The van der Waals surface area contributed by atoms with Crippen molar-refractivity contribution < 1.29 is 24.5 Å². The summed E-state index contributed by atoms with van der Waals surface area (Å²) in [7, 11) is 0. The van der Waals surface area contributed by atoms with Crippen LogP contribution in [0.25, 0.3) is 0 Å². The molecule has 0 bridgehead atoms. The molecule has 0 spiro atoms. The zero-order valence-corrected chi connectivity index (χ0v) is 45.3. The van der Waals surface area contributed by atoms with Crippen molar-refractivity contribution in [3.05, 3.63) is 24.3 Å². The molecule has 3 N–H and O–H groups in total. The average Bonchev–Trinajstić information content (AvgIpc) is 3.32. The largest absolute Gasteiger partial charge is 0.462 e. The molecule has 0 saturated carbocycles. The van der Waals surface area contributed by atoms with Gasteiger partial charge in [-0.3, -0.25) is 9.59 Å². The van der Waals surface area contributed by atoms with Crippen molar-refractivity contribution in [2.75, 3.05) is 6.61 Å². The molecule has 3 atom stereocenters. The van der Waals surface area contributed by atoms with Crippen molar-refractivity contribution in [3.63, 3.8) is 0 Å². The van der Waals surface area contributed by atoms with Crippen molar-refractivity contribution in [2.24, 2.45) is 0 Å². The number of ether oxygens (including phenoxy) is 1. The lowest BCUT2D eigenvalue weighted by atomic mass is 10.0. The summed E-state index contributed by atoms with van der Waals surface area (Å²) in [6.45, 7) is 6.52. The average molecular weight is 945 g/mol. The fourth-order valence-corrected chi connectivity index (χ4v) is 9.48. The van der Waals surface area contributed by atoms with Crippen molar-refractivity contribution in [2.45, 2.75) is 347 Å². The lowest BCUT2D eigenvalue weighted by Gasteiger charge is -2.24. The molecule has 0 aliphatic heterocycles. The van der Waals surface area contributed by atoms with Crippen LogP contribution in [0.4, 0.5) is 0 Å². The highest BCUT2D eigenvalue weighted by molar-refractivity contribution is 5.77. The van der Waals surface area contributed by atoms with E-state index in [-0.39, 0.29) is 24.9 Å². The number of rotatable bonds is 55.